The fraction of sp³-hybridized carbons (Fsp3) is 0.100. The van der Waals surface area contributed by atoms with Crippen LogP contribution in [0, 0.1) is 6.92 Å². The van der Waals surface area contributed by atoms with E-state index in [0.717, 1.165) is 39.1 Å². The normalized spacial score (nSPS) is 11.3. The minimum absolute atomic E-state index is 0.562. The highest BCUT2D eigenvalue weighted by Gasteiger charge is 2.18. The monoisotopic (exact) mass is 524 g/mol. The van der Waals surface area contributed by atoms with Gasteiger partial charge in [0.05, 0.1) is 6.54 Å². The number of rotatable bonds is 4. The smallest absolute Gasteiger partial charge is 0.205 e. The van der Waals surface area contributed by atoms with E-state index in [9.17, 15) is 0 Å². The summed E-state index contributed by atoms with van der Waals surface area (Å²) in [6, 6.07) is 16.3. The number of imidazole rings is 1. The van der Waals surface area contributed by atoms with Crippen LogP contribution in [0.25, 0.3) is 33.5 Å². The predicted octanol–water partition coefficient (Wildman–Crippen LogP) is 4.56. The van der Waals surface area contributed by atoms with Gasteiger partial charge in [0.2, 0.25) is 5.82 Å². The number of hydrogen-bond donors (Lipinski definition) is 1. The van der Waals surface area contributed by atoms with Crippen LogP contribution in [-0.4, -0.2) is 40.4 Å². The fourth-order valence-electron chi connectivity index (χ4n) is 3.57. The molecular formula is C20H14Br2N8. The Bertz CT molecular complexity index is 1360. The van der Waals surface area contributed by atoms with Gasteiger partial charge >= 0.3 is 0 Å². The van der Waals surface area contributed by atoms with E-state index in [0.29, 0.717) is 21.6 Å². The molecule has 0 aliphatic heterocycles. The Morgan fingerprint density at radius 1 is 0.867 bits per heavy atom. The van der Waals surface area contributed by atoms with Crippen LogP contribution in [0.1, 0.15) is 11.4 Å². The van der Waals surface area contributed by atoms with Crippen LogP contribution in [0.5, 0.6) is 0 Å². The number of nitrogens with one attached hydrogen (secondary N) is 1. The highest BCUT2D eigenvalue weighted by Crippen LogP contribution is 2.34. The quantitative estimate of drug-likeness (QED) is 0.369. The highest BCUT2D eigenvalue weighted by atomic mass is 79.9. The first-order valence-electron chi connectivity index (χ1n) is 9.09. The standard InChI is InChI=1S/C20H14Br2N8/c1-11-23-16-17(19(22)25-24-18(16)21)30(11)10-12-6-2-3-7-13(12)14-8-4-5-9-15(14)20-26-28-29-27-20/h2-9H,10H2,1H3,(H,26,27,28,29). The average Bonchev–Trinajstić information content (AvgIpc) is 3.41. The molecular weight excluding hydrogens is 512 g/mol. The fourth-order valence-corrected chi connectivity index (χ4v) is 4.41. The van der Waals surface area contributed by atoms with Gasteiger partial charge in [0.1, 0.15) is 16.9 Å². The molecule has 8 nitrogen and oxygen atoms in total. The van der Waals surface area contributed by atoms with Crippen LogP contribution in [0.2, 0.25) is 0 Å². The van der Waals surface area contributed by atoms with Gasteiger partial charge in [-0.1, -0.05) is 48.5 Å². The molecule has 5 aromatic rings. The van der Waals surface area contributed by atoms with Crippen molar-refractivity contribution in [2.75, 3.05) is 0 Å². The molecule has 0 aliphatic carbocycles. The lowest BCUT2D eigenvalue weighted by Crippen LogP contribution is -2.05. The zero-order chi connectivity index (χ0) is 20.7. The lowest BCUT2D eigenvalue weighted by Gasteiger charge is -2.14. The number of tetrazole rings is 1. The van der Waals surface area contributed by atoms with Crippen LogP contribution in [0.3, 0.4) is 0 Å². The summed E-state index contributed by atoms with van der Waals surface area (Å²) in [5.74, 6) is 1.44. The van der Waals surface area contributed by atoms with E-state index in [4.69, 9.17) is 0 Å². The van der Waals surface area contributed by atoms with Crippen molar-refractivity contribution in [2.45, 2.75) is 13.5 Å². The zero-order valence-electron chi connectivity index (χ0n) is 15.7. The Labute approximate surface area is 188 Å². The van der Waals surface area contributed by atoms with Crippen LogP contribution < -0.4 is 0 Å². The van der Waals surface area contributed by atoms with E-state index in [-0.39, 0.29) is 0 Å². The van der Waals surface area contributed by atoms with Crippen molar-refractivity contribution in [3.63, 3.8) is 0 Å². The number of benzene rings is 2. The number of nitrogens with zero attached hydrogens (tertiary/aromatic N) is 7. The van der Waals surface area contributed by atoms with Gasteiger partial charge in [0.25, 0.3) is 0 Å². The minimum Gasteiger partial charge on any atom is -0.321 e. The van der Waals surface area contributed by atoms with Crippen molar-refractivity contribution in [2.24, 2.45) is 0 Å². The van der Waals surface area contributed by atoms with Gasteiger partial charge in [-0.2, -0.15) is 5.21 Å². The van der Waals surface area contributed by atoms with Crippen molar-refractivity contribution in [3.05, 3.63) is 69.1 Å². The lowest BCUT2D eigenvalue weighted by molar-refractivity contribution is 0.783. The van der Waals surface area contributed by atoms with Gasteiger partial charge in [-0.15, -0.1) is 20.4 Å². The summed E-state index contributed by atoms with van der Waals surface area (Å²) in [5, 5.41) is 22.8. The van der Waals surface area contributed by atoms with Crippen molar-refractivity contribution >= 4 is 42.9 Å². The maximum absolute atomic E-state index is 4.68. The van der Waals surface area contributed by atoms with E-state index in [1.807, 2.05) is 37.3 Å². The van der Waals surface area contributed by atoms with Crippen LogP contribution >= 0.6 is 31.9 Å². The number of aryl methyl sites for hydroxylation is 1. The number of aromatic amines is 1. The first-order chi connectivity index (χ1) is 14.6. The molecule has 0 amide bonds. The maximum Gasteiger partial charge on any atom is 0.205 e. The molecule has 0 atom stereocenters. The Morgan fingerprint density at radius 3 is 2.33 bits per heavy atom. The number of hydrogen-bond acceptors (Lipinski definition) is 6. The summed E-state index contributed by atoms with van der Waals surface area (Å²) < 4.78 is 3.42. The molecule has 0 saturated heterocycles. The molecule has 30 heavy (non-hydrogen) atoms. The number of fused-ring (bicyclic) bond motifs is 1. The summed E-state index contributed by atoms with van der Waals surface area (Å²) in [5.41, 5.74) is 5.86. The molecule has 3 heterocycles. The van der Waals surface area contributed by atoms with Gasteiger partial charge in [-0.25, -0.2) is 4.98 Å². The molecule has 2 aromatic carbocycles. The average molecular weight is 526 g/mol. The largest absolute Gasteiger partial charge is 0.321 e. The van der Waals surface area contributed by atoms with Crippen molar-refractivity contribution in [1.82, 2.24) is 40.4 Å². The summed E-state index contributed by atoms with van der Waals surface area (Å²) in [4.78, 5) is 4.68. The second-order valence-electron chi connectivity index (χ2n) is 6.66. The van der Waals surface area contributed by atoms with Crippen LogP contribution in [0.15, 0.2) is 57.7 Å². The van der Waals surface area contributed by atoms with Gasteiger partial charge in [0.15, 0.2) is 9.21 Å². The third-order valence-corrected chi connectivity index (χ3v) is 5.99. The molecule has 0 spiro atoms. The SMILES string of the molecule is Cc1nc2c(Br)nnc(Br)c2n1Cc1ccccc1-c1ccccc1-c1nn[nH]n1. The summed E-state index contributed by atoms with van der Waals surface area (Å²) >= 11 is 6.98. The summed E-state index contributed by atoms with van der Waals surface area (Å²) in [7, 11) is 0. The number of H-pyrrole nitrogens is 1. The molecule has 0 unspecified atom stereocenters. The van der Waals surface area contributed by atoms with Crippen molar-refractivity contribution in [1.29, 1.82) is 0 Å². The number of halogens is 2. The van der Waals surface area contributed by atoms with E-state index >= 15 is 0 Å². The summed E-state index contributed by atoms with van der Waals surface area (Å²) in [6.07, 6.45) is 0. The van der Waals surface area contributed by atoms with E-state index in [1.165, 1.54) is 0 Å². The van der Waals surface area contributed by atoms with Crippen LogP contribution in [0.4, 0.5) is 0 Å². The van der Waals surface area contributed by atoms with Gasteiger partial charge in [0, 0.05) is 5.56 Å². The first kappa shape index (κ1) is 19.0. The van der Waals surface area contributed by atoms with E-state index in [1.54, 1.807) is 0 Å². The van der Waals surface area contributed by atoms with Crippen molar-refractivity contribution in [3.8, 4) is 22.5 Å². The van der Waals surface area contributed by atoms with Gasteiger partial charge in [-0.3, -0.25) is 0 Å². The van der Waals surface area contributed by atoms with Crippen LogP contribution in [-0.2, 0) is 6.54 Å². The molecule has 0 bridgehead atoms. The second-order valence-corrected chi connectivity index (χ2v) is 8.16. The Balaban J connectivity index is 1.67. The topological polar surface area (TPSA) is 98.1 Å². The molecule has 3 aromatic heterocycles. The molecule has 148 valence electrons. The lowest BCUT2D eigenvalue weighted by atomic mass is 9.95. The van der Waals surface area contributed by atoms with Gasteiger partial charge in [-0.05, 0) is 60.7 Å². The molecule has 1 N–H and O–H groups in total. The molecule has 0 saturated carbocycles. The molecule has 0 aliphatic rings. The zero-order valence-corrected chi connectivity index (χ0v) is 18.9. The maximum atomic E-state index is 4.68. The number of aromatic nitrogens is 8. The minimum atomic E-state index is 0.562. The third-order valence-electron chi connectivity index (χ3n) is 4.92. The van der Waals surface area contributed by atoms with Gasteiger partial charge < -0.3 is 4.57 Å². The Hall–Kier alpha value is -2.98. The third kappa shape index (κ3) is 3.21. The second kappa shape index (κ2) is 7.69. The van der Waals surface area contributed by atoms with Crippen molar-refractivity contribution < 1.29 is 0 Å². The predicted molar refractivity (Wildman–Crippen MR) is 120 cm³/mol. The molecule has 10 heteroatoms. The van der Waals surface area contributed by atoms with E-state index < -0.39 is 0 Å². The first-order valence-corrected chi connectivity index (χ1v) is 10.7. The molecule has 0 fully saturated rings. The summed E-state index contributed by atoms with van der Waals surface area (Å²) in [6.45, 7) is 2.60. The molecule has 5 rings (SSSR count). The molecule has 0 radical (unpaired) electrons. The Kier molecular flexibility index (Phi) is 4.87. The Morgan fingerprint density at radius 2 is 1.57 bits per heavy atom. The van der Waals surface area contributed by atoms with E-state index in [2.05, 4.69) is 90.4 Å². The highest BCUT2D eigenvalue weighted by molar-refractivity contribution is 9.11.